The second-order valence-electron chi connectivity index (χ2n) is 5.44. The quantitative estimate of drug-likeness (QED) is 0.538. The Kier molecular flexibility index (Phi) is 16.2. The van der Waals surface area contributed by atoms with E-state index in [0.29, 0.717) is 5.92 Å². The van der Waals surface area contributed by atoms with Crippen LogP contribution in [0.3, 0.4) is 0 Å². The van der Waals surface area contributed by atoms with Crippen LogP contribution in [0.4, 0.5) is 0 Å². The molecule has 1 atom stereocenters. The Morgan fingerprint density at radius 3 is 1.74 bits per heavy atom. The topological polar surface area (TPSA) is 20.3 Å². The molecule has 2 nitrogen and oxygen atoms in total. The van der Waals surface area contributed by atoms with Crippen molar-refractivity contribution in [3.63, 3.8) is 0 Å². The Morgan fingerprint density at radius 1 is 0.815 bits per heavy atom. The van der Waals surface area contributed by atoms with Crippen LogP contribution in [0.2, 0.25) is 0 Å². The van der Waals surface area contributed by atoms with Crippen molar-refractivity contribution in [2.75, 3.05) is 13.1 Å². The van der Waals surface area contributed by atoms with Crippen molar-refractivity contribution in [3.05, 3.63) is 60.2 Å². The molecule has 1 heterocycles. The molecule has 3 rings (SSSR count). The predicted molar refractivity (Wildman–Crippen MR) is 122 cm³/mol. The summed E-state index contributed by atoms with van der Waals surface area (Å²) < 4.78 is 0. The summed E-state index contributed by atoms with van der Waals surface area (Å²) >= 11 is 0. The number of carbonyl (C=O) groups excluding carboxylic acids is 1. The normalized spacial score (nSPS) is 14.2. The molecule has 1 fully saturated rings. The first-order valence-electron chi connectivity index (χ1n) is 10.1. The van der Waals surface area contributed by atoms with E-state index in [1.54, 1.807) is 6.92 Å². The fourth-order valence-corrected chi connectivity index (χ4v) is 2.90. The molecule has 27 heavy (non-hydrogen) atoms. The van der Waals surface area contributed by atoms with E-state index in [9.17, 15) is 4.79 Å². The predicted octanol–water partition coefficient (Wildman–Crippen LogP) is 7.40. The molecule has 1 amide bonds. The van der Waals surface area contributed by atoms with Gasteiger partial charge in [0.2, 0.25) is 5.91 Å². The number of nitrogens with zero attached hydrogens (tertiary/aromatic N) is 1. The highest BCUT2D eigenvalue weighted by atomic mass is 16.2. The summed E-state index contributed by atoms with van der Waals surface area (Å²) in [5.41, 5.74) is 3.83. The first-order valence-corrected chi connectivity index (χ1v) is 10.1. The largest absolute Gasteiger partial charge is 0.342 e. The maximum absolute atomic E-state index is 11.4. The van der Waals surface area contributed by atoms with Gasteiger partial charge in [0.1, 0.15) is 0 Å². The highest BCUT2D eigenvalue weighted by molar-refractivity contribution is 5.73. The molecule has 0 spiro atoms. The van der Waals surface area contributed by atoms with E-state index in [1.165, 1.54) is 16.7 Å². The molecule has 1 aliphatic heterocycles. The Morgan fingerprint density at radius 2 is 1.30 bits per heavy atom. The second-order valence-corrected chi connectivity index (χ2v) is 5.44. The van der Waals surface area contributed by atoms with E-state index in [4.69, 9.17) is 0 Å². The van der Waals surface area contributed by atoms with Crippen molar-refractivity contribution in [1.29, 1.82) is 0 Å². The van der Waals surface area contributed by atoms with Gasteiger partial charge < -0.3 is 4.90 Å². The third-order valence-electron chi connectivity index (χ3n) is 4.12. The van der Waals surface area contributed by atoms with Crippen LogP contribution in [-0.2, 0) is 4.79 Å². The summed E-state index contributed by atoms with van der Waals surface area (Å²) in [5, 5.41) is 0. The molecule has 2 aromatic carbocycles. The lowest BCUT2D eigenvalue weighted by molar-refractivity contribution is -0.127. The molecule has 2 aromatic rings. The number of rotatable bonds is 2. The fourth-order valence-electron chi connectivity index (χ4n) is 2.90. The van der Waals surface area contributed by atoms with Gasteiger partial charge in [-0.05, 0) is 23.1 Å². The monoisotopic (exact) mass is 371 g/mol. The summed E-state index contributed by atoms with van der Waals surface area (Å²) in [5.74, 6) is 0.678. The van der Waals surface area contributed by atoms with E-state index in [0.717, 1.165) is 19.5 Å². The maximum atomic E-state index is 11.4. The second kappa shape index (κ2) is 16.1. The summed E-state index contributed by atoms with van der Waals surface area (Å²) in [7, 11) is 0. The zero-order valence-electron chi connectivity index (χ0n) is 17.8. The van der Waals surface area contributed by atoms with E-state index >= 15 is 0 Å². The summed E-state index contributed by atoms with van der Waals surface area (Å²) in [6.07, 6.45) is 1.07. The zero-order valence-corrected chi connectivity index (χ0v) is 17.8. The molecule has 1 unspecified atom stereocenters. The first-order chi connectivity index (χ1) is 12.7. The molecule has 0 saturated carbocycles. The highest BCUT2D eigenvalue weighted by Crippen LogP contribution is 2.29. The molecule has 0 aromatic heterocycles. The van der Waals surface area contributed by atoms with Crippen LogP contribution in [0.15, 0.2) is 54.6 Å². The number of carbonyl (C=O) groups is 1. The van der Waals surface area contributed by atoms with Crippen LogP contribution in [-0.4, -0.2) is 23.9 Å². The first kappa shape index (κ1) is 27.1. The van der Waals surface area contributed by atoms with Crippen LogP contribution in [0.1, 0.15) is 73.8 Å². The molecule has 2 heteroatoms. The lowest BCUT2D eigenvalue weighted by Crippen LogP contribution is -2.25. The minimum absolute atomic E-state index is 0. The van der Waals surface area contributed by atoms with Crippen LogP contribution >= 0.6 is 0 Å². The van der Waals surface area contributed by atoms with E-state index < -0.39 is 0 Å². The zero-order chi connectivity index (χ0) is 19.9. The Balaban J connectivity index is 0. The van der Waals surface area contributed by atoms with Gasteiger partial charge in [0.05, 0.1) is 0 Å². The fraction of sp³-hybridized carbons (Fsp3) is 0.480. The molecular formula is C25H41NO. The van der Waals surface area contributed by atoms with Crippen LogP contribution in [0, 0.1) is 0 Å². The van der Waals surface area contributed by atoms with Gasteiger partial charge in [-0.2, -0.15) is 0 Å². The molecule has 152 valence electrons. The highest BCUT2D eigenvalue weighted by Gasteiger charge is 2.25. The summed E-state index contributed by atoms with van der Waals surface area (Å²) in [6.45, 7) is 15.4. The number of hydrogen-bond donors (Lipinski definition) is 0. The van der Waals surface area contributed by atoms with Crippen molar-refractivity contribution < 1.29 is 4.79 Å². The number of hydrogen-bond acceptors (Lipinski definition) is 1. The Bertz CT molecular complexity index is 589. The smallest absolute Gasteiger partial charge is 0.219 e. The van der Waals surface area contributed by atoms with Gasteiger partial charge in [0, 0.05) is 25.9 Å². The molecule has 0 N–H and O–H groups in total. The van der Waals surface area contributed by atoms with E-state index in [1.807, 2.05) is 52.5 Å². The Hall–Kier alpha value is -2.09. The van der Waals surface area contributed by atoms with Gasteiger partial charge in [-0.3, -0.25) is 4.79 Å². The van der Waals surface area contributed by atoms with Crippen molar-refractivity contribution >= 4 is 5.91 Å². The average molecular weight is 372 g/mol. The molecular weight excluding hydrogens is 330 g/mol. The van der Waals surface area contributed by atoms with E-state index in [-0.39, 0.29) is 13.3 Å². The standard InChI is InChI=1S/C18H19NO.3C2H6.CH4/c1-14(20)19-12-11-18(13-19)17-9-7-16(8-10-17)15-5-3-2-4-6-15;3*1-2;/h2-10,18H,11-13H2,1H3;3*1-2H3;1H4. The van der Waals surface area contributed by atoms with E-state index in [2.05, 4.69) is 48.5 Å². The van der Waals surface area contributed by atoms with Crippen molar-refractivity contribution in [3.8, 4) is 11.1 Å². The van der Waals surface area contributed by atoms with Gasteiger partial charge in [0.25, 0.3) is 0 Å². The minimum atomic E-state index is 0. The molecule has 0 bridgehead atoms. The van der Waals surface area contributed by atoms with Crippen LogP contribution < -0.4 is 0 Å². The van der Waals surface area contributed by atoms with Gasteiger partial charge in [-0.25, -0.2) is 0 Å². The molecule has 0 aliphatic carbocycles. The summed E-state index contributed by atoms with van der Waals surface area (Å²) in [4.78, 5) is 13.3. The van der Waals surface area contributed by atoms with Crippen LogP contribution in [0.5, 0.6) is 0 Å². The number of amides is 1. The van der Waals surface area contributed by atoms with Crippen molar-refractivity contribution in [1.82, 2.24) is 4.90 Å². The minimum Gasteiger partial charge on any atom is -0.342 e. The SMILES string of the molecule is C.CC.CC.CC.CC(=O)N1CCC(c2ccc(-c3ccccc3)cc2)C1. The van der Waals surface area contributed by atoms with Crippen molar-refractivity contribution in [2.45, 2.75) is 68.2 Å². The lowest BCUT2D eigenvalue weighted by Gasteiger charge is -2.14. The van der Waals surface area contributed by atoms with Crippen molar-refractivity contribution in [2.24, 2.45) is 0 Å². The number of benzene rings is 2. The lowest BCUT2D eigenvalue weighted by atomic mass is 9.96. The van der Waals surface area contributed by atoms with Gasteiger partial charge in [0.15, 0.2) is 0 Å². The molecule has 0 radical (unpaired) electrons. The van der Waals surface area contributed by atoms with Gasteiger partial charge >= 0.3 is 0 Å². The molecule has 1 saturated heterocycles. The third kappa shape index (κ3) is 8.43. The average Bonchev–Trinajstić information content (AvgIpc) is 3.24. The number of likely N-dealkylation sites (tertiary alicyclic amines) is 1. The third-order valence-corrected chi connectivity index (χ3v) is 4.12. The van der Waals surface area contributed by atoms with Gasteiger partial charge in [-0.1, -0.05) is 104 Å². The van der Waals surface area contributed by atoms with Crippen LogP contribution in [0.25, 0.3) is 11.1 Å². The summed E-state index contributed by atoms with van der Waals surface area (Å²) in [6, 6.07) is 19.2. The maximum Gasteiger partial charge on any atom is 0.219 e. The molecule has 1 aliphatic rings. The van der Waals surface area contributed by atoms with Gasteiger partial charge in [-0.15, -0.1) is 0 Å². The Labute approximate surface area is 168 Å².